The van der Waals surface area contributed by atoms with Crippen molar-refractivity contribution in [3.05, 3.63) is 12.3 Å². The van der Waals surface area contributed by atoms with Crippen LogP contribution in [0.15, 0.2) is 17.3 Å². The van der Waals surface area contributed by atoms with E-state index >= 15 is 0 Å². The van der Waals surface area contributed by atoms with Gasteiger partial charge in [-0.2, -0.15) is 0 Å². The molecule has 10 heavy (non-hydrogen) atoms. The molecule has 3 nitrogen and oxygen atoms in total. The summed E-state index contributed by atoms with van der Waals surface area (Å²) < 4.78 is 1.03. The zero-order chi connectivity index (χ0) is 7.98. The lowest BCUT2D eigenvalue weighted by atomic mass is 10.5. The molecule has 0 fully saturated rings. The molecule has 0 radical (unpaired) electrons. The van der Waals surface area contributed by atoms with Crippen molar-refractivity contribution >= 4 is 26.5 Å². The van der Waals surface area contributed by atoms with E-state index in [2.05, 4.69) is 20.9 Å². The molecule has 0 aromatic carbocycles. The Morgan fingerprint density at radius 1 is 1.90 bits per heavy atom. The van der Waals surface area contributed by atoms with Crippen molar-refractivity contribution in [2.24, 2.45) is 4.99 Å². The van der Waals surface area contributed by atoms with E-state index in [1.807, 2.05) is 6.08 Å². The number of hydrogen-bond acceptors (Lipinski definition) is 2. The number of aliphatic carboxylic acids is 1. The zero-order valence-electron chi connectivity index (χ0n) is 5.54. The summed E-state index contributed by atoms with van der Waals surface area (Å²) in [4.78, 5) is 12.9. The number of halogens is 1. The molecule has 0 bridgehead atoms. The number of hydrogen-bond donors (Lipinski definition) is 1. The number of nitrogens with zero attached hydrogens (tertiary/aromatic N) is 1. The first kappa shape index (κ1) is 9.36. The van der Waals surface area contributed by atoms with Gasteiger partial charge in [-0.1, -0.05) is 6.08 Å². The predicted molar refractivity (Wildman–Crippen MR) is 43.4 cm³/mol. The number of carboxylic acid groups (broad SMARTS) is 1. The summed E-state index contributed by atoms with van der Waals surface area (Å²) in [6.07, 6.45) is 4.77. The standard InChI is InChI=1S/C4H4BrN.C2H4O2/c5-4-2-1-3-6-4;1-2(3)4/h1,3H,2H2;1H3,(H,3,4). The monoisotopic (exact) mass is 205 g/mol. The highest BCUT2D eigenvalue weighted by molar-refractivity contribution is 9.18. The van der Waals surface area contributed by atoms with Gasteiger partial charge in [-0.25, -0.2) is 0 Å². The van der Waals surface area contributed by atoms with Gasteiger partial charge in [0.05, 0.1) is 4.62 Å². The minimum atomic E-state index is -0.833. The van der Waals surface area contributed by atoms with Gasteiger partial charge in [0.1, 0.15) is 0 Å². The van der Waals surface area contributed by atoms with Gasteiger partial charge in [-0.05, 0) is 15.9 Å². The fraction of sp³-hybridized carbons (Fsp3) is 0.333. The Morgan fingerprint density at radius 3 is 2.50 bits per heavy atom. The van der Waals surface area contributed by atoms with E-state index in [1.165, 1.54) is 0 Å². The van der Waals surface area contributed by atoms with Crippen LogP contribution in [-0.2, 0) is 4.79 Å². The topological polar surface area (TPSA) is 49.7 Å². The van der Waals surface area contributed by atoms with Crippen LogP contribution in [0.4, 0.5) is 0 Å². The number of aliphatic imine (C=N–C) groups is 1. The number of allylic oxidation sites excluding steroid dienone is 1. The average Bonchev–Trinajstić information content (AvgIpc) is 2.15. The van der Waals surface area contributed by atoms with Crippen molar-refractivity contribution in [1.82, 2.24) is 0 Å². The zero-order valence-corrected chi connectivity index (χ0v) is 7.13. The molecule has 56 valence electrons. The molecule has 0 aromatic heterocycles. The lowest BCUT2D eigenvalue weighted by Gasteiger charge is -1.73. The van der Waals surface area contributed by atoms with Crippen LogP contribution < -0.4 is 0 Å². The molecule has 0 atom stereocenters. The molecule has 0 aromatic rings. The van der Waals surface area contributed by atoms with Crippen molar-refractivity contribution < 1.29 is 9.90 Å². The smallest absolute Gasteiger partial charge is 0.300 e. The number of rotatable bonds is 0. The summed E-state index contributed by atoms with van der Waals surface area (Å²) in [6, 6.07) is 0. The maximum absolute atomic E-state index is 9.00. The minimum Gasteiger partial charge on any atom is -0.481 e. The van der Waals surface area contributed by atoms with Gasteiger partial charge in [0, 0.05) is 19.5 Å². The van der Waals surface area contributed by atoms with Crippen LogP contribution in [0.25, 0.3) is 0 Å². The highest BCUT2D eigenvalue weighted by Gasteiger charge is 1.90. The van der Waals surface area contributed by atoms with Crippen LogP contribution in [0.5, 0.6) is 0 Å². The molecule has 0 unspecified atom stereocenters. The Labute approximate surface area is 67.6 Å². The molecule has 0 spiro atoms. The van der Waals surface area contributed by atoms with Crippen molar-refractivity contribution in [1.29, 1.82) is 0 Å². The molecular weight excluding hydrogens is 198 g/mol. The fourth-order valence-electron chi connectivity index (χ4n) is 0.336. The van der Waals surface area contributed by atoms with Crippen molar-refractivity contribution in [2.45, 2.75) is 13.3 Å². The lowest BCUT2D eigenvalue weighted by molar-refractivity contribution is -0.134. The lowest BCUT2D eigenvalue weighted by Crippen LogP contribution is -1.78. The van der Waals surface area contributed by atoms with E-state index in [0.717, 1.165) is 18.0 Å². The summed E-state index contributed by atoms with van der Waals surface area (Å²) in [5, 5.41) is 7.42. The first-order valence-electron chi connectivity index (χ1n) is 2.69. The molecule has 0 saturated heterocycles. The van der Waals surface area contributed by atoms with Crippen LogP contribution in [0.3, 0.4) is 0 Å². The Kier molecular flexibility index (Phi) is 4.84. The van der Waals surface area contributed by atoms with Crippen LogP contribution in [0.2, 0.25) is 0 Å². The third-order valence-corrected chi connectivity index (χ3v) is 1.13. The molecule has 1 rings (SSSR count). The largest absolute Gasteiger partial charge is 0.481 e. The molecule has 1 aliphatic heterocycles. The van der Waals surface area contributed by atoms with E-state index in [-0.39, 0.29) is 0 Å². The number of carbonyl (C=O) groups is 1. The molecule has 0 aliphatic carbocycles. The van der Waals surface area contributed by atoms with Crippen molar-refractivity contribution in [2.75, 3.05) is 0 Å². The molecule has 4 heteroatoms. The van der Waals surface area contributed by atoms with Gasteiger partial charge in [0.2, 0.25) is 0 Å². The Balaban J connectivity index is 0.000000180. The maximum atomic E-state index is 9.00. The van der Waals surface area contributed by atoms with E-state index < -0.39 is 5.97 Å². The van der Waals surface area contributed by atoms with Crippen molar-refractivity contribution in [3.8, 4) is 0 Å². The third kappa shape index (κ3) is 7.36. The van der Waals surface area contributed by atoms with E-state index in [4.69, 9.17) is 9.90 Å². The molecule has 1 heterocycles. The van der Waals surface area contributed by atoms with Crippen LogP contribution in [0.1, 0.15) is 13.3 Å². The van der Waals surface area contributed by atoms with Gasteiger partial charge >= 0.3 is 0 Å². The summed E-state index contributed by atoms with van der Waals surface area (Å²) in [5.41, 5.74) is 0. The van der Waals surface area contributed by atoms with Crippen LogP contribution in [-0.4, -0.2) is 15.7 Å². The normalized spacial score (nSPS) is 13.6. The van der Waals surface area contributed by atoms with Gasteiger partial charge in [-0.15, -0.1) is 0 Å². The van der Waals surface area contributed by atoms with Crippen LogP contribution >= 0.6 is 15.9 Å². The van der Waals surface area contributed by atoms with E-state index in [1.54, 1.807) is 6.20 Å². The second-order valence-corrected chi connectivity index (χ2v) is 2.53. The molecule has 1 aliphatic rings. The molecular formula is C6H8BrNO2. The Hall–Kier alpha value is -0.640. The van der Waals surface area contributed by atoms with Crippen molar-refractivity contribution in [3.63, 3.8) is 0 Å². The SMILES string of the molecule is BrC1=NC=CC1.CC(=O)O. The van der Waals surface area contributed by atoms with E-state index in [9.17, 15) is 0 Å². The summed E-state index contributed by atoms with van der Waals surface area (Å²) >= 11 is 3.23. The number of carboxylic acids is 1. The van der Waals surface area contributed by atoms with Crippen LogP contribution in [0, 0.1) is 0 Å². The molecule has 0 saturated carbocycles. The van der Waals surface area contributed by atoms with E-state index in [0.29, 0.717) is 0 Å². The highest BCUT2D eigenvalue weighted by atomic mass is 79.9. The Morgan fingerprint density at radius 2 is 2.40 bits per heavy atom. The second kappa shape index (κ2) is 5.17. The second-order valence-electron chi connectivity index (χ2n) is 1.61. The first-order chi connectivity index (χ1) is 4.63. The summed E-state index contributed by atoms with van der Waals surface area (Å²) in [7, 11) is 0. The molecule has 0 amide bonds. The van der Waals surface area contributed by atoms with Gasteiger partial charge in [0.25, 0.3) is 5.97 Å². The third-order valence-electron chi connectivity index (χ3n) is 0.606. The van der Waals surface area contributed by atoms with Gasteiger partial charge in [-0.3, -0.25) is 9.79 Å². The molecule has 1 N–H and O–H groups in total. The maximum Gasteiger partial charge on any atom is 0.300 e. The average molecular weight is 206 g/mol. The minimum absolute atomic E-state index is 0.833. The summed E-state index contributed by atoms with van der Waals surface area (Å²) in [5.74, 6) is -0.833. The summed E-state index contributed by atoms with van der Waals surface area (Å²) in [6.45, 7) is 1.08. The fourth-order valence-corrected chi connectivity index (χ4v) is 0.641. The predicted octanol–water partition coefficient (Wildman–Crippen LogP) is 1.79. The Bertz CT molecular complexity index is 171. The highest BCUT2D eigenvalue weighted by Crippen LogP contribution is 2.03. The first-order valence-corrected chi connectivity index (χ1v) is 3.49. The quantitative estimate of drug-likeness (QED) is 0.656. The van der Waals surface area contributed by atoms with Gasteiger partial charge < -0.3 is 5.11 Å². The van der Waals surface area contributed by atoms with Gasteiger partial charge in [0.15, 0.2) is 0 Å².